The van der Waals surface area contributed by atoms with Crippen LogP contribution in [0.25, 0.3) is 0 Å². The van der Waals surface area contributed by atoms with Gasteiger partial charge >= 0.3 is 0 Å². The summed E-state index contributed by atoms with van der Waals surface area (Å²) in [5, 5.41) is 2.06. The van der Waals surface area contributed by atoms with Crippen molar-refractivity contribution in [3.63, 3.8) is 0 Å². The van der Waals surface area contributed by atoms with Gasteiger partial charge in [0.2, 0.25) is 11.8 Å². The van der Waals surface area contributed by atoms with E-state index >= 15 is 0 Å². The summed E-state index contributed by atoms with van der Waals surface area (Å²) in [5.41, 5.74) is 1.87. The van der Waals surface area contributed by atoms with E-state index in [0.29, 0.717) is 25.4 Å². The highest BCUT2D eigenvalue weighted by molar-refractivity contribution is 7.09. The first kappa shape index (κ1) is 17.9. The Morgan fingerprint density at radius 1 is 1.25 bits per heavy atom. The number of nitrogens with zero attached hydrogens (tertiary/aromatic N) is 3. The molecule has 28 heavy (non-hydrogen) atoms. The number of aryl methyl sites for hydroxylation is 1. The Balaban J connectivity index is 1.31. The van der Waals surface area contributed by atoms with Crippen LogP contribution in [0.5, 0.6) is 0 Å². The van der Waals surface area contributed by atoms with E-state index in [4.69, 9.17) is 0 Å². The van der Waals surface area contributed by atoms with E-state index in [9.17, 15) is 9.59 Å². The lowest BCUT2D eigenvalue weighted by Gasteiger charge is -2.50. The van der Waals surface area contributed by atoms with Crippen molar-refractivity contribution in [2.24, 2.45) is 5.92 Å². The van der Waals surface area contributed by atoms with E-state index in [1.807, 2.05) is 11.0 Å². The lowest BCUT2D eigenvalue weighted by Crippen LogP contribution is -2.59. The summed E-state index contributed by atoms with van der Waals surface area (Å²) in [6.45, 7) is 2.16. The zero-order valence-corrected chi connectivity index (χ0v) is 16.8. The molecule has 0 bridgehead atoms. The summed E-state index contributed by atoms with van der Waals surface area (Å²) in [6, 6.07) is 4.12. The Morgan fingerprint density at radius 3 is 2.79 bits per heavy atom. The van der Waals surface area contributed by atoms with Crippen LogP contribution in [0.15, 0.2) is 23.8 Å². The molecule has 2 aliphatic heterocycles. The maximum absolute atomic E-state index is 13.0. The molecule has 1 saturated heterocycles. The molecule has 1 aliphatic carbocycles. The Hall–Kier alpha value is -2.15. The minimum atomic E-state index is -0.336. The minimum Gasteiger partial charge on any atom is -0.348 e. The van der Waals surface area contributed by atoms with Crippen LogP contribution < -0.4 is 0 Å². The molecule has 0 atom stereocenters. The zero-order chi connectivity index (χ0) is 19.1. The SMILES string of the molecule is O=C(CCc1cccs1)N1CCC2(CC1)c1nc[nH]c1CCN2C(=O)C1CC1. The molecule has 7 heteroatoms. The van der Waals surface area contributed by atoms with Crippen LogP contribution in [0.4, 0.5) is 0 Å². The van der Waals surface area contributed by atoms with Crippen molar-refractivity contribution in [2.45, 2.75) is 50.5 Å². The monoisotopic (exact) mass is 398 g/mol. The smallest absolute Gasteiger partial charge is 0.226 e. The molecular weight excluding hydrogens is 372 g/mol. The number of hydrogen-bond donors (Lipinski definition) is 1. The molecule has 0 unspecified atom stereocenters. The maximum atomic E-state index is 13.0. The van der Waals surface area contributed by atoms with Gasteiger partial charge in [-0.3, -0.25) is 9.59 Å². The molecule has 4 heterocycles. The van der Waals surface area contributed by atoms with Crippen molar-refractivity contribution in [1.29, 1.82) is 0 Å². The minimum absolute atomic E-state index is 0.211. The molecule has 2 aromatic heterocycles. The number of thiophene rings is 1. The fraction of sp³-hybridized carbons (Fsp3) is 0.571. The maximum Gasteiger partial charge on any atom is 0.226 e. The molecule has 2 fully saturated rings. The van der Waals surface area contributed by atoms with Crippen LogP contribution in [-0.2, 0) is 28.0 Å². The molecule has 2 amide bonds. The predicted molar refractivity (Wildman–Crippen MR) is 107 cm³/mol. The van der Waals surface area contributed by atoms with Gasteiger partial charge in [-0.25, -0.2) is 4.98 Å². The lowest BCUT2D eigenvalue weighted by molar-refractivity contribution is -0.145. The first-order chi connectivity index (χ1) is 13.7. The number of hydrogen-bond acceptors (Lipinski definition) is 4. The second-order valence-electron chi connectivity index (χ2n) is 8.24. The van der Waals surface area contributed by atoms with Gasteiger partial charge < -0.3 is 14.8 Å². The summed E-state index contributed by atoms with van der Waals surface area (Å²) < 4.78 is 0. The predicted octanol–water partition coefficient (Wildman–Crippen LogP) is 2.72. The van der Waals surface area contributed by atoms with E-state index in [1.165, 1.54) is 4.88 Å². The summed E-state index contributed by atoms with van der Waals surface area (Å²) >= 11 is 1.71. The van der Waals surface area contributed by atoms with Crippen LogP contribution >= 0.6 is 11.3 Å². The number of likely N-dealkylation sites (tertiary alicyclic amines) is 1. The van der Waals surface area contributed by atoms with Crippen LogP contribution in [0.2, 0.25) is 0 Å². The third kappa shape index (κ3) is 3.05. The van der Waals surface area contributed by atoms with Crippen LogP contribution in [-0.4, -0.2) is 51.2 Å². The van der Waals surface area contributed by atoms with Gasteiger partial charge in [-0.15, -0.1) is 11.3 Å². The molecular formula is C21H26N4O2S. The number of nitrogens with one attached hydrogen (secondary N) is 1. The molecule has 1 N–H and O–H groups in total. The highest BCUT2D eigenvalue weighted by Gasteiger charge is 2.51. The molecule has 1 spiro atoms. The molecule has 5 rings (SSSR count). The van der Waals surface area contributed by atoms with Crippen molar-refractivity contribution in [3.05, 3.63) is 40.1 Å². The molecule has 2 aromatic rings. The average Bonchev–Trinajstić information content (AvgIpc) is 3.22. The second-order valence-corrected chi connectivity index (χ2v) is 9.27. The Labute approximate surface area is 168 Å². The van der Waals surface area contributed by atoms with Crippen LogP contribution in [0.3, 0.4) is 0 Å². The number of amides is 2. The standard InChI is InChI=1S/C21H26N4O2S/c26-18(6-5-16-2-1-13-28-16)24-11-8-21(9-12-24)19-17(22-14-23-19)7-10-25(21)20(27)15-3-4-15/h1-2,13-15H,3-12H2,(H,22,23). The molecule has 0 radical (unpaired) electrons. The van der Waals surface area contributed by atoms with E-state index in [1.54, 1.807) is 17.7 Å². The number of imidazole rings is 1. The van der Waals surface area contributed by atoms with E-state index in [0.717, 1.165) is 56.5 Å². The quantitative estimate of drug-likeness (QED) is 0.861. The third-order valence-corrected chi connectivity index (χ3v) is 7.50. The molecule has 6 nitrogen and oxygen atoms in total. The number of aromatic nitrogens is 2. The Bertz CT molecular complexity index is 863. The van der Waals surface area contributed by atoms with Gasteiger partial charge in [0.05, 0.1) is 17.6 Å². The van der Waals surface area contributed by atoms with Crippen LogP contribution in [0.1, 0.15) is 48.4 Å². The number of aromatic amines is 1. The van der Waals surface area contributed by atoms with E-state index in [-0.39, 0.29) is 17.4 Å². The van der Waals surface area contributed by atoms with Gasteiger partial charge in [-0.2, -0.15) is 0 Å². The number of rotatable bonds is 4. The van der Waals surface area contributed by atoms with Crippen molar-refractivity contribution in [2.75, 3.05) is 19.6 Å². The number of piperidine rings is 1. The Morgan fingerprint density at radius 2 is 2.07 bits per heavy atom. The highest BCUT2D eigenvalue weighted by Crippen LogP contribution is 2.45. The first-order valence-electron chi connectivity index (χ1n) is 10.3. The fourth-order valence-corrected chi connectivity index (χ4v) is 5.53. The lowest BCUT2D eigenvalue weighted by atomic mass is 9.78. The van der Waals surface area contributed by atoms with Crippen molar-refractivity contribution >= 4 is 23.2 Å². The van der Waals surface area contributed by atoms with Gasteiger partial charge in [0.1, 0.15) is 0 Å². The van der Waals surface area contributed by atoms with Gasteiger partial charge in [-0.05, 0) is 43.6 Å². The first-order valence-corrected chi connectivity index (χ1v) is 11.2. The molecule has 1 saturated carbocycles. The summed E-state index contributed by atoms with van der Waals surface area (Å²) in [7, 11) is 0. The molecule has 3 aliphatic rings. The second kappa shape index (κ2) is 7.03. The third-order valence-electron chi connectivity index (χ3n) is 6.56. The topological polar surface area (TPSA) is 69.3 Å². The zero-order valence-electron chi connectivity index (χ0n) is 16.0. The Kier molecular flexibility index (Phi) is 4.50. The number of fused-ring (bicyclic) bond motifs is 2. The summed E-state index contributed by atoms with van der Waals surface area (Å²) in [6.07, 6.45) is 7.59. The molecule has 0 aromatic carbocycles. The van der Waals surface area contributed by atoms with Crippen molar-refractivity contribution < 1.29 is 9.59 Å². The van der Waals surface area contributed by atoms with Gasteiger partial charge in [-0.1, -0.05) is 6.07 Å². The highest BCUT2D eigenvalue weighted by atomic mass is 32.1. The normalized spacial score (nSPS) is 21.0. The van der Waals surface area contributed by atoms with Gasteiger partial charge in [0.15, 0.2) is 0 Å². The van der Waals surface area contributed by atoms with Crippen molar-refractivity contribution in [1.82, 2.24) is 19.8 Å². The number of carbonyl (C=O) groups is 2. The number of H-pyrrole nitrogens is 1. The largest absolute Gasteiger partial charge is 0.348 e. The van der Waals surface area contributed by atoms with Crippen molar-refractivity contribution in [3.8, 4) is 0 Å². The average molecular weight is 399 g/mol. The molecule has 148 valence electrons. The number of carbonyl (C=O) groups excluding carboxylic acids is 2. The summed E-state index contributed by atoms with van der Waals surface area (Å²) in [5.74, 6) is 0.732. The van der Waals surface area contributed by atoms with E-state index in [2.05, 4.69) is 26.3 Å². The fourth-order valence-electron chi connectivity index (χ4n) is 4.83. The van der Waals surface area contributed by atoms with Gasteiger partial charge in [0, 0.05) is 49.0 Å². The summed E-state index contributed by atoms with van der Waals surface area (Å²) in [4.78, 5) is 39.0. The van der Waals surface area contributed by atoms with E-state index < -0.39 is 0 Å². The van der Waals surface area contributed by atoms with Gasteiger partial charge in [0.25, 0.3) is 0 Å². The van der Waals surface area contributed by atoms with Crippen LogP contribution in [0, 0.1) is 5.92 Å².